The predicted molar refractivity (Wildman–Crippen MR) is 198 cm³/mol. The van der Waals surface area contributed by atoms with Gasteiger partial charge in [0, 0.05) is 39.9 Å². The Morgan fingerprint density at radius 3 is 1.81 bits per heavy atom. The van der Waals surface area contributed by atoms with Gasteiger partial charge in [-0.2, -0.15) is 0 Å². The second-order valence-corrected chi connectivity index (χ2v) is 13.2. The molecule has 0 heterocycles. The molecule has 2 nitrogen and oxygen atoms in total. The Balaban J connectivity index is 1.07. The van der Waals surface area contributed by atoms with Crippen LogP contribution in [0.2, 0.25) is 0 Å². The summed E-state index contributed by atoms with van der Waals surface area (Å²) in [7, 11) is 0. The van der Waals surface area contributed by atoms with Crippen LogP contribution in [0.25, 0.3) is 17.2 Å². The lowest BCUT2D eigenvalue weighted by Gasteiger charge is -2.33. The van der Waals surface area contributed by atoms with Crippen molar-refractivity contribution in [2.24, 2.45) is 11.8 Å². The summed E-state index contributed by atoms with van der Waals surface area (Å²) in [6.07, 6.45) is 17.6. The first-order chi connectivity index (χ1) is 23.3. The van der Waals surface area contributed by atoms with Gasteiger partial charge in [-0.3, -0.25) is 0 Å². The Kier molecular flexibility index (Phi) is 7.00. The quantitative estimate of drug-likeness (QED) is 0.182. The molecule has 0 N–H and O–H groups in total. The fraction of sp³-hybridized carbons (Fsp3) is 0.156. The summed E-state index contributed by atoms with van der Waals surface area (Å²) in [5, 5.41) is 0. The van der Waals surface area contributed by atoms with E-state index in [1.807, 2.05) is 0 Å². The van der Waals surface area contributed by atoms with Gasteiger partial charge >= 0.3 is 0 Å². The van der Waals surface area contributed by atoms with Gasteiger partial charge in [-0.1, -0.05) is 103 Å². The predicted octanol–water partition coefficient (Wildman–Crippen LogP) is 12.1. The maximum Gasteiger partial charge on any atom is 0.0536 e. The van der Waals surface area contributed by atoms with Crippen LogP contribution in [0.4, 0.5) is 28.4 Å². The van der Waals surface area contributed by atoms with Crippen molar-refractivity contribution in [1.82, 2.24) is 0 Å². The summed E-state index contributed by atoms with van der Waals surface area (Å²) in [5.41, 5.74) is 15.7. The summed E-state index contributed by atoms with van der Waals surface area (Å²) in [6.45, 7) is 0. The van der Waals surface area contributed by atoms with Crippen molar-refractivity contribution >= 4 is 34.5 Å². The molecule has 2 unspecified atom stereocenters. The van der Waals surface area contributed by atoms with Crippen molar-refractivity contribution in [2.75, 3.05) is 9.80 Å². The molecule has 0 bridgehead atoms. The summed E-state index contributed by atoms with van der Waals surface area (Å²) in [5.74, 6) is 1.29. The molecule has 1 saturated carbocycles. The van der Waals surface area contributed by atoms with Crippen LogP contribution in [0.1, 0.15) is 36.8 Å². The Morgan fingerprint density at radius 2 is 1.11 bits per heavy atom. The lowest BCUT2D eigenvalue weighted by atomic mass is 9.87. The van der Waals surface area contributed by atoms with Gasteiger partial charge in [-0.05, 0) is 120 Å². The molecule has 0 saturated heterocycles. The zero-order chi connectivity index (χ0) is 31.2. The highest BCUT2D eigenvalue weighted by molar-refractivity contribution is 5.85. The van der Waals surface area contributed by atoms with Crippen molar-refractivity contribution < 1.29 is 0 Å². The van der Waals surface area contributed by atoms with Crippen molar-refractivity contribution in [2.45, 2.75) is 32.1 Å². The molecule has 2 heteroatoms. The molecule has 5 aromatic carbocycles. The number of aryl methyl sites for hydroxylation is 1. The van der Waals surface area contributed by atoms with Crippen LogP contribution in [0.5, 0.6) is 0 Å². The van der Waals surface area contributed by atoms with Crippen molar-refractivity contribution in [1.29, 1.82) is 0 Å². The van der Waals surface area contributed by atoms with E-state index < -0.39 is 0 Å². The number of nitrogens with zero attached hydrogens (tertiary/aromatic N) is 2. The number of rotatable bonds is 7. The van der Waals surface area contributed by atoms with Gasteiger partial charge in [0.05, 0.1) is 5.69 Å². The molecular weight excluding hydrogens is 569 g/mol. The molecule has 0 aromatic heterocycles. The molecule has 0 spiro atoms. The number of para-hydroxylation sites is 2. The van der Waals surface area contributed by atoms with Gasteiger partial charge in [-0.15, -0.1) is 0 Å². The highest BCUT2D eigenvalue weighted by Crippen LogP contribution is 2.55. The number of anilines is 5. The van der Waals surface area contributed by atoms with Crippen LogP contribution in [-0.4, -0.2) is 0 Å². The highest BCUT2D eigenvalue weighted by Gasteiger charge is 2.45. The molecule has 0 amide bonds. The average Bonchev–Trinajstić information content (AvgIpc) is 3.93. The molecule has 47 heavy (non-hydrogen) atoms. The highest BCUT2D eigenvalue weighted by atomic mass is 15.2. The fourth-order valence-corrected chi connectivity index (χ4v) is 7.82. The standard InChI is InChI=1S/C45H38N2/c1-3-15-37(16-4-1)46(44-21-11-14-34-12-7-9-19-41(34)44)39-26-22-32(23-27-39)33-24-28-40(29-25-33)47(38-17-5-2-6-18-38)45-42-20-10-8-13-35(42)30-36-31-43(36)45/h1-6,9-11,14-30,36,43H,7-8,12-13,31H2. The topological polar surface area (TPSA) is 6.48 Å². The molecule has 9 rings (SSSR count). The molecule has 4 aliphatic rings. The van der Waals surface area contributed by atoms with Crippen LogP contribution in [0.3, 0.4) is 0 Å². The third-order valence-corrected chi connectivity index (χ3v) is 10.2. The minimum atomic E-state index is 0.599. The van der Waals surface area contributed by atoms with Crippen LogP contribution in [0.15, 0.2) is 169 Å². The van der Waals surface area contributed by atoms with Crippen LogP contribution >= 0.6 is 0 Å². The van der Waals surface area contributed by atoms with Gasteiger partial charge in [0.2, 0.25) is 0 Å². The zero-order valence-corrected chi connectivity index (χ0v) is 26.6. The van der Waals surface area contributed by atoms with E-state index in [2.05, 4.69) is 168 Å². The van der Waals surface area contributed by atoms with Crippen LogP contribution in [-0.2, 0) is 6.42 Å². The number of allylic oxidation sites excluding steroid dienone is 7. The minimum absolute atomic E-state index is 0.599. The number of hydrogen-bond donors (Lipinski definition) is 0. The fourth-order valence-electron chi connectivity index (χ4n) is 7.82. The number of benzene rings is 5. The average molecular weight is 607 g/mol. The van der Waals surface area contributed by atoms with Crippen LogP contribution in [0, 0.1) is 11.8 Å². The molecule has 1 fully saturated rings. The van der Waals surface area contributed by atoms with E-state index in [9.17, 15) is 0 Å². The summed E-state index contributed by atoms with van der Waals surface area (Å²) < 4.78 is 0. The summed E-state index contributed by atoms with van der Waals surface area (Å²) in [6, 6.07) is 46.7. The Morgan fingerprint density at radius 1 is 0.511 bits per heavy atom. The van der Waals surface area contributed by atoms with Gasteiger partial charge in [0.1, 0.15) is 0 Å². The molecule has 2 atom stereocenters. The van der Waals surface area contributed by atoms with Crippen molar-refractivity contribution in [3.8, 4) is 11.1 Å². The number of hydrogen-bond acceptors (Lipinski definition) is 2. The van der Waals surface area contributed by atoms with Crippen molar-refractivity contribution in [3.05, 3.63) is 180 Å². The third-order valence-electron chi connectivity index (χ3n) is 10.2. The lowest BCUT2D eigenvalue weighted by molar-refractivity contribution is 0.815. The Labute approximate surface area is 278 Å². The minimum Gasteiger partial charge on any atom is -0.313 e. The molecular formula is C45H38N2. The third kappa shape index (κ3) is 5.15. The van der Waals surface area contributed by atoms with Gasteiger partial charge in [-0.25, -0.2) is 0 Å². The van der Waals surface area contributed by atoms with E-state index in [1.165, 1.54) is 68.3 Å². The largest absolute Gasteiger partial charge is 0.313 e. The van der Waals surface area contributed by atoms with E-state index in [0.717, 1.165) is 31.4 Å². The first kappa shape index (κ1) is 27.9. The zero-order valence-electron chi connectivity index (χ0n) is 26.6. The lowest BCUT2D eigenvalue weighted by Crippen LogP contribution is -2.23. The van der Waals surface area contributed by atoms with Gasteiger partial charge < -0.3 is 9.80 Å². The first-order valence-electron chi connectivity index (χ1n) is 17.1. The second-order valence-electron chi connectivity index (χ2n) is 13.2. The first-order valence-corrected chi connectivity index (χ1v) is 17.1. The molecule has 0 aliphatic heterocycles. The maximum absolute atomic E-state index is 2.56. The van der Waals surface area contributed by atoms with Crippen LogP contribution < -0.4 is 9.80 Å². The van der Waals surface area contributed by atoms with E-state index in [1.54, 1.807) is 0 Å². The summed E-state index contributed by atoms with van der Waals surface area (Å²) >= 11 is 0. The SMILES string of the molecule is C1=CC2=C(N(c3ccccc3)c3ccc(-c4ccc(N(c5ccccc5)c5cccc6c5C=CCC6)cc4)cc3)C3CC3C=C2CC1. The van der Waals surface area contributed by atoms with Gasteiger partial charge in [0.25, 0.3) is 0 Å². The number of fused-ring (bicyclic) bond motifs is 3. The molecule has 0 radical (unpaired) electrons. The molecule has 4 aliphatic carbocycles. The van der Waals surface area contributed by atoms with E-state index in [-0.39, 0.29) is 0 Å². The second kappa shape index (κ2) is 11.8. The molecule has 5 aromatic rings. The molecule has 228 valence electrons. The Bertz CT molecular complexity index is 2050. The smallest absolute Gasteiger partial charge is 0.0536 e. The normalized spacial score (nSPS) is 18.9. The van der Waals surface area contributed by atoms with E-state index in [0.29, 0.717) is 11.8 Å². The van der Waals surface area contributed by atoms with E-state index in [4.69, 9.17) is 0 Å². The van der Waals surface area contributed by atoms with Gasteiger partial charge in [0.15, 0.2) is 0 Å². The maximum atomic E-state index is 2.56. The monoisotopic (exact) mass is 606 g/mol. The summed E-state index contributed by atoms with van der Waals surface area (Å²) in [4.78, 5) is 4.92. The van der Waals surface area contributed by atoms with E-state index >= 15 is 0 Å². The van der Waals surface area contributed by atoms with Crippen molar-refractivity contribution in [3.63, 3.8) is 0 Å². The Hall–Kier alpha value is -5.34.